The van der Waals surface area contributed by atoms with E-state index in [9.17, 15) is 0 Å². The minimum Gasteiger partial charge on any atom is -0.328 e. The smallest absolute Gasteiger partial charge is 0.151 e. The third-order valence-electron chi connectivity index (χ3n) is 2.67. The van der Waals surface area contributed by atoms with Gasteiger partial charge in [-0.15, -0.1) is 0 Å². The number of aryl methyl sites for hydroxylation is 1. The van der Waals surface area contributed by atoms with Crippen LogP contribution in [0.15, 0.2) is 36.7 Å². The average molecular weight is 228 g/mol. The number of hydrogen-bond acceptors (Lipinski definition) is 4. The minimum absolute atomic E-state index is 0.418. The van der Waals surface area contributed by atoms with E-state index in [1.165, 1.54) is 5.56 Å². The second-order valence-corrected chi connectivity index (χ2v) is 3.96. The first-order valence-electron chi connectivity index (χ1n) is 5.52. The Balaban J connectivity index is 2.23. The van der Waals surface area contributed by atoms with Gasteiger partial charge in [-0.1, -0.05) is 17.7 Å². The van der Waals surface area contributed by atoms with E-state index in [1.54, 1.807) is 12.4 Å². The Labute approximate surface area is 101 Å². The predicted octanol–water partition coefficient (Wildman–Crippen LogP) is 2.01. The van der Waals surface area contributed by atoms with Gasteiger partial charge in [0.2, 0.25) is 0 Å². The van der Waals surface area contributed by atoms with Gasteiger partial charge >= 0.3 is 0 Å². The van der Waals surface area contributed by atoms with Gasteiger partial charge in [0.05, 0.1) is 18.1 Å². The van der Waals surface area contributed by atoms with Gasteiger partial charge in [-0.25, -0.2) is 4.98 Å². The molecule has 0 saturated heterocycles. The Morgan fingerprint density at radius 1 is 1.12 bits per heavy atom. The van der Waals surface area contributed by atoms with Crippen LogP contribution in [0.1, 0.15) is 11.3 Å². The maximum absolute atomic E-state index is 5.49. The SMILES string of the molecule is Cc1ccc(N(C)c2cnc(CN)cn2)cc1. The van der Waals surface area contributed by atoms with Gasteiger partial charge in [0, 0.05) is 19.3 Å². The summed E-state index contributed by atoms with van der Waals surface area (Å²) in [6.45, 7) is 2.49. The van der Waals surface area contributed by atoms with Gasteiger partial charge in [-0.2, -0.15) is 0 Å². The molecule has 0 aliphatic rings. The van der Waals surface area contributed by atoms with Crippen molar-refractivity contribution in [3.8, 4) is 0 Å². The number of aromatic nitrogens is 2. The zero-order chi connectivity index (χ0) is 12.3. The maximum Gasteiger partial charge on any atom is 0.151 e. The summed E-state index contributed by atoms with van der Waals surface area (Å²) in [6, 6.07) is 8.28. The largest absolute Gasteiger partial charge is 0.328 e. The predicted molar refractivity (Wildman–Crippen MR) is 69.2 cm³/mol. The van der Waals surface area contributed by atoms with E-state index in [1.807, 2.05) is 11.9 Å². The Morgan fingerprint density at radius 2 is 1.82 bits per heavy atom. The van der Waals surface area contributed by atoms with Crippen molar-refractivity contribution in [2.75, 3.05) is 11.9 Å². The molecule has 2 aromatic rings. The van der Waals surface area contributed by atoms with Crippen molar-refractivity contribution in [3.05, 3.63) is 47.9 Å². The van der Waals surface area contributed by atoms with Crippen molar-refractivity contribution in [1.29, 1.82) is 0 Å². The van der Waals surface area contributed by atoms with Crippen LogP contribution in [-0.2, 0) is 6.54 Å². The molecule has 0 saturated carbocycles. The number of nitrogens with two attached hydrogens (primary N) is 1. The monoisotopic (exact) mass is 228 g/mol. The molecule has 2 rings (SSSR count). The molecule has 2 N–H and O–H groups in total. The summed E-state index contributed by atoms with van der Waals surface area (Å²) in [4.78, 5) is 10.6. The first-order chi connectivity index (χ1) is 8.20. The first kappa shape index (κ1) is 11.5. The lowest BCUT2D eigenvalue weighted by Crippen LogP contribution is -2.12. The summed E-state index contributed by atoms with van der Waals surface area (Å²) in [5.74, 6) is 0.811. The number of hydrogen-bond donors (Lipinski definition) is 1. The van der Waals surface area contributed by atoms with E-state index in [2.05, 4.69) is 41.2 Å². The van der Waals surface area contributed by atoms with E-state index in [0.29, 0.717) is 6.54 Å². The molecule has 0 aliphatic heterocycles. The molecule has 4 nitrogen and oxygen atoms in total. The third kappa shape index (κ3) is 2.60. The summed E-state index contributed by atoms with van der Waals surface area (Å²) in [6.07, 6.45) is 3.45. The molecule has 88 valence electrons. The fraction of sp³-hybridized carbons (Fsp3) is 0.231. The van der Waals surface area contributed by atoms with Gasteiger partial charge in [0.15, 0.2) is 5.82 Å². The quantitative estimate of drug-likeness (QED) is 0.873. The number of benzene rings is 1. The fourth-order valence-corrected chi connectivity index (χ4v) is 1.53. The summed E-state index contributed by atoms with van der Waals surface area (Å²) >= 11 is 0. The molecule has 0 amide bonds. The van der Waals surface area contributed by atoms with Gasteiger partial charge < -0.3 is 10.6 Å². The van der Waals surface area contributed by atoms with Crippen LogP contribution in [0.4, 0.5) is 11.5 Å². The zero-order valence-electron chi connectivity index (χ0n) is 10.1. The Kier molecular flexibility index (Phi) is 3.35. The number of anilines is 2. The van der Waals surface area contributed by atoms with Crippen molar-refractivity contribution in [1.82, 2.24) is 9.97 Å². The standard InChI is InChI=1S/C13H16N4/c1-10-3-5-12(6-4-10)17(2)13-9-15-11(7-14)8-16-13/h3-6,8-9H,7,14H2,1-2H3. The molecule has 0 atom stereocenters. The highest BCUT2D eigenvalue weighted by atomic mass is 15.2. The van der Waals surface area contributed by atoms with E-state index >= 15 is 0 Å². The molecule has 0 spiro atoms. The number of nitrogens with zero attached hydrogens (tertiary/aromatic N) is 3. The Bertz CT molecular complexity index is 476. The lowest BCUT2D eigenvalue weighted by atomic mass is 10.2. The Hall–Kier alpha value is -1.94. The molecule has 0 fully saturated rings. The van der Waals surface area contributed by atoms with Gasteiger partial charge in [-0.3, -0.25) is 4.98 Å². The zero-order valence-corrected chi connectivity index (χ0v) is 10.1. The van der Waals surface area contributed by atoms with Crippen LogP contribution < -0.4 is 10.6 Å². The normalized spacial score (nSPS) is 10.3. The molecule has 1 heterocycles. The van der Waals surface area contributed by atoms with Crippen LogP contribution in [-0.4, -0.2) is 17.0 Å². The van der Waals surface area contributed by atoms with Gasteiger partial charge in [-0.05, 0) is 19.1 Å². The van der Waals surface area contributed by atoms with Crippen LogP contribution in [0, 0.1) is 6.92 Å². The third-order valence-corrected chi connectivity index (χ3v) is 2.67. The average Bonchev–Trinajstić information content (AvgIpc) is 2.39. The highest BCUT2D eigenvalue weighted by Crippen LogP contribution is 2.20. The van der Waals surface area contributed by atoms with Crippen molar-refractivity contribution in [2.45, 2.75) is 13.5 Å². The van der Waals surface area contributed by atoms with Crippen LogP contribution >= 0.6 is 0 Å². The lowest BCUT2D eigenvalue weighted by molar-refractivity contribution is 0.952. The topological polar surface area (TPSA) is 55.0 Å². The van der Waals surface area contributed by atoms with Crippen LogP contribution in [0.5, 0.6) is 0 Å². The molecule has 0 aliphatic carbocycles. The molecule has 4 heteroatoms. The van der Waals surface area contributed by atoms with Crippen molar-refractivity contribution in [3.63, 3.8) is 0 Å². The van der Waals surface area contributed by atoms with Gasteiger partial charge in [0.25, 0.3) is 0 Å². The summed E-state index contributed by atoms with van der Waals surface area (Å²) in [5.41, 5.74) is 8.62. The summed E-state index contributed by atoms with van der Waals surface area (Å²) < 4.78 is 0. The molecule has 0 radical (unpaired) electrons. The lowest BCUT2D eigenvalue weighted by Gasteiger charge is -2.18. The molecule has 1 aromatic carbocycles. The van der Waals surface area contributed by atoms with Crippen molar-refractivity contribution in [2.24, 2.45) is 5.73 Å². The maximum atomic E-state index is 5.49. The highest BCUT2D eigenvalue weighted by Gasteiger charge is 2.05. The van der Waals surface area contributed by atoms with E-state index < -0.39 is 0 Å². The van der Waals surface area contributed by atoms with Crippen LogP contribution in [0.25, 0.3) is 0 Å². The fourth-order valence-electron chi connectivity index (χ4n) is 1.53. The van der Waals surface area contributed by atoms with Gasteiger partial charge in [0.1, 0.15) is 0 Å². The molecule has 0 unspecified atom stereocenters. The van der Waals surface area contributed by atoms with E-state index in [0.717, 1.165) is 17.2 Å². The Morgan fingerprint density at radius 3 is 2.35 bits per heavy atom. The summed E-state index contributed by atoms with van der Waals surface area (Å²) in [7, 11) is 1.97. The van der Waals surface area contributed by atoms with Crippen LogP contribution in [0.3, 0.4) is 0 Å². The van der Waals surface area contributed by atoms with E-state index in [4.69, 9.17) is 5.73 Å². The second-order valence-electron chi connectivity index (χ2n) is 3.96. The number of rotatable bonds is 3. The highest BCUT2D eigenvalue weighted by molar-refractivity contribution is 5.58. The molecule has 17 heavy (non-hydrogen) atoms. The summed E-state index contributed by atoms with van der Waals surface area (Å²) in [5, 5.41) is 0. The van der Waals surface area contributed by atoms with E-state index in [-0.39, 0.29) is 0 Å². The second kappa shape index (κ2) is 4.93. The molecule has 0 bridgehead atoms. The molecule has 1 aromatic heterocycles. The first-order valence-corrected chi connectivity index (χ1v) is 5.52. The van der Waals surface area contributed by atoms with Crippen LogP contribution in [0.2, 0.25) is 0 Å². The molecular formula is C13H16N4. The van der Waals surface area contributed by atoms with Crippen molar-refractivity contribution < 1.29 is 0 Å². The minimum atomic E-state index is 0.418. The molecular weight excluding hydrogens is 212 g/mol. The van der Waals surface area contributed by atoms with Crippen molar-refractivity contribution >= 4 is 11.5 Å².